The van der Waals surface area contributed by atoms with Crippen molar-refractivity contribution in [3.63, 3.8) is 0 Å². The summed E-state index contributed by atoms with van der Waals surface area (Å²) in [6.45, 7) is 9.93. The summed E-state index contributed by atoms with van der Waals surface area (Å²) < 4.78 is 18.0. The average molecular weight is 721 g/mol. The monoisotopic (exact) mass is 719 g/mol. The molecule has 1 aromatic carbocycles. The predicted molar refractivity (Wildman–Crippen MR) is 183 cm³/mol. The van der Waals surface area contributed by atoms with Crippen molar-refractivity contribution in [2.45, 2.75) is 78.0 Å². The molecular formula is C34H43Cl2N5O8. The number of ether oxygens (including phenoxy) is 2. The first kappa shape index (κ1) is 37.6. The van der Waals surface area contributed by atoms with E-state index >= 15 is 0 Å². The third-order valence-corrected chi connectivity index (χ3v) is 8.74. The van der Waals surface area contributed by atoms with Crippen molar-refractivity contribution in [1.29, 1.82) is 0 Å². The zero-order valence-corrected chi connectivity index (χ0v) is 30.0. The lowest BCUT2D eigenvalue weighted by Gasteiger charge is -2.32. The number of aromatic carboxylic acids is 1. The van der Waals surface area contributed by atoms with Gasteiger partial charge in [0.1, 0.15) is 34.8 Å². The molecule has 1 atom stereocenters. The van der Waals surface area contributed by atoms with Crippen molar-refractivity contribution in [2.75, 3.05) is 19.6 Å². The van der Waals surface area contributed by atoms with Gasteiger partial charge in [-0.1, -0.05) is 37.0 Å². The molecule has 1 aliphatic rings. The average Bonchev–Trinajstić information content (AvgIpc) is 3.66. The molecule has 13 nitrogen and oxygen atoms in total. The van der Waals surface area contributed by atoms with Gasteiger partial charge < -0.3 is 34.5 Å². The minimum Gasteiger partial charge on any atom is -0.484 e. The second-order valence-electron chi connectivity index (χ2n) is 13.4. The first-order valence-electron chi connectivity index (χ1n) is 16.0. The van der Waals surface area contributed by atoms with Gasteiger partial charge in [0.05, 0.1) is 17.3 Å². The fourth-order valence-corrected chi connectivity index (χ4v) is 6.00. The van der Waals surface area contributed by atoms with Crippen molar-refractivity contribution in [2.24, 2.45) is 13.0 Å². The van der Waals surface area contributed by atoms with Crippen LogP contribution in [0.2, 0.25) is 10.0 Å². The number of carbonyl (C=O) groups is 4. The lowest BCUT2D eigenvalue weighted by atomic mass is 9.92. The lowest BCUT2D eigenvalue weighted by molar-refractivity contribution is -0.134. The van der Waals surface area contributed by atoms with Crippen LogP contribution in [0.4, 0.5) is 4.79 Å². The molecule has 0 bridgehead atoms. The minimum absolute atomic E-state index is 0.0338. The van der Waals surface area contributed by atoms with Crippen molar-refractivity contribution in [3.8, 4) is 17.0 Å². The number of hydrogen-bond acceptors (Lipinski definition) is 8. The Balaban J connectivity index is 1.32. The summed E-state index contributed by atoms with van der Waals surface area (Å²) in [6.07, 6.45) is 1.12. The number of carboxylic acid groups (broad SMARTS) is 1. The highest BCUT2D eigenvalue weighted by molar-refractivity contribution is 6.44. The number of nitrogens with one attached hydrogen (secondary N) is 2. The number of rotatable bonds is 12. The SMILES string of the molecule is CC(C)C[C@@H](NC(=O)OC(C)(C)C)C(=O)NCC(=O)N1CCC(c2cc(-c3ccc(OCc4ccc(C(=O)O)o4)c(Cl)c3Cl)nn2C)CC1. The molecule has 0 aliphatic carbocycles. The van der Waals surface area contributed by atoms with Crippen LogP contribution in [0, 0.1) is 5.92 Å². The number of aryl methyl sites for hydroxylation is 1. The van der Waals surface area contributed by atoms with Crippen LogP contribution >= 0.6 is 23.2 Å². The highest BCUT2D eigenvalue weighted by Gasteiger charge is 2.29. The molecule has 266 valence electrons. The molecule has 49 heavy (non-hydrogen) atoms. The van der Waals surface area contributed by atoms with Crippen molar-refractivity contribution < 1.29 is 38.2 Å². The van der Waals surface area contributed by atoms with Gasteiger partial charge in [-0.15, -0.1) is 0 Å². The molecule has 1 aliphatic heterocycles. The van der Waals surface area contributed by atoms with E-state index < -0.39 is 29.6 Å². The Bertz CT molecular complexity index is 1670. The van der Waals surface area contributed by atoms with E-state index in [4.69, 9.17) is 42.2 Å². The van der Waals surface area contributed by atoms with E-state index in [1.807, 2.05) is 27.0 Å². The van der Waals surface area contributed by atoms with E-state index in [2.05, 4.69) is 15.7 Å². The maximum absolute atomic E-state index is 13.0. The van der Waals surface area contributed by atoms with Crippen molar-refractivity contribution >= 4 is 47.1 Å². The van der Waals surface area contributed by atoms with E-state index in [9.17, 15) is 19.2 Å². The van der Waals surface area contributed by atoms with Gasteiger partial charge in [0.15, 0.2) is 0 Å². The zero-order valence-electron chi connectivity index (χ0n) is 28.5. The maximum Gasteiger partial charge on any atom is 0.408 e. The normalized spacial score (nSPS) is 14.4. The van der Waals surface area contributed by atoms with Crippen molar-refractivity contribution in [3.05, 3.63) is 57.6 Å². The number of benzene rings is 1. The first-order valence-corrected chi connectivity index (χ1v) is 16.8. The largest absolute Gasteiger partial charge is 0.484 e. The molecule has 15 heteroatoms. The molecule has 0 saturated carbocycles. The number of piperidine rings is 1. The number of alkyl carbamates (subject to hydrolysis) is 1. The Morgan fingerprint density at radius 2 is 1.78 bits per heavy atom. The highest BCUT2D eigenvalue weighted by Crippen LogP contribution is 2.40. The highest BCUT2D eigenvalue weighted by atomic mass is 35.5. The summed E-state index contributed by atoms with van der Waals surface area (Å²) in [4.78, 5) is 51.0. The Morgan fingerprint density at radius 3 is 2.39 bits per heavy atom. The summed E-state index contributed by atoms with van der Waals surface area (Å²) in [5.74, 6) is -1.10. The van der Waals surface area contributed by atoms with Gasteiger partial charge in [-0.3, -0.25) is 14.3 Å². The van der Waals surface area contributed by atoms with Crippen LogP contribution in [0.3, 0.4) is 0 Å². The van der Waals surface area contributed by atoms with Gasteiger partial charge in [0, 0.05) is 37.3 Å². The number of likely N-dealkylation sites (tertiary alicyclic amines) is 1. The Kier molecular flexibility index (Phi) is 12.3. The Morgan fingerprint density at radius 1 is 1.08 bits per heavy atom. The number of carboxylic acids is 1. The third-order valence-electron chi connectivity index (χ3n) is 7.88. The van der Waals surface area contributed by atoms with Gasteiger partial charge in [-0.05, 0) is 76.3 Å². The van der Waals surface area contributed by atoms with E-state index in [0.29, 0.717) is 55.1 Å². The second-order valence-corrected chi connectivity index (χ2v) is 14.1. The summed E-state index contributed by atoms with van der Waals surface area (Å²) in [5.41, 5.74) is 1.53. The molecule has 1 saturated heterocycles. The van der Waals surface area contributed by atoms with Crippen LogP contribution < -0.4 is 15.4 Å². The van der Waals surface area contributed by atoms with Gasteiger partial charge in [-0.2, -0.15) is 5.10 Å². The summed E-state index contributed by atoms with van der Waals surface area (Å²) >= 11 is 13.2. The van der Waals surface area contributed by atoms with Crippen LogP contribution in [-0.2, 0) is 28.0 Å². The smallest absolute Gasteiger partial charge is 0.408 e. The van der Waals surface area contributed by atoms with Crippen molar-refractivity contribution in [1.82, 2.24) is 25.3 Å². The number of halogens is 2. The fraction of sp³-hybridized carbons (Fsp3) is 0.500. The summed E-state index contributed by atoms with van der Waals surface area (Å²) in [7, 11) is 1.85. The molecule has 3 N–H and O–H groups in total. The molecule has 2 aromatic heterocycles. The quantitative estimate of drug-likeness (QED) is 0.203. The molecule has 3 aromatic rings. The first-order chi connectivity index (χ1) is 23.0. The van der Waals surface area contributed by atoms with E-state index in [1.165, 1.54) is 12.1 Å². The van der Waals surface area contributed by atoms with E-state index in [-0.39, 0.29) is 46.7 Å². The third kappa shape index (κ3) is 10.1. The van der Waals surface area contributed by atoms with Gasteiger partial charge in [-0.25, -0.2) is 9.59 Å². The van der Waals surface area contributed by atoms with Crippen LogP contribution in [-0.4, -0.2) is 74.9 Å². The van der Waals surface area contributed by atoms with Crippen LogP contribution in [0.15, 0.2) is 34.7 Å². The van der Waals surface area contributed by atoms with Crippen LogP contribution in [0.25, 0.3) is 11.3 Å². The van der Waals surface area contributed by atoms with Crippen LogP contribution in [0.1, 0.15) is 81.8 Å². The molecule has 4 rings (SSSR count). The molecule has 1 fully saturated rings. The van der Waals surface area contributed by atoms with Crippen LogP contribution in [0.5, 0.6) is 5.75 Å². The van der Waals surface area contributed by atoms with Gasteiger partial charge in [0.2, 0.25) is 17.6 Å². The number of aromatic nitrogens is 2. The minimum atomic E-state index is -1.17. The Labute approximate surface area is 295 Å². The topological polar surface area (TPSA) is 165 Å². The zero-order chi connectivity index (χ0) is 36.0. The van der Waals surface area contributed by atoms with Gasteiger partial charge >= 0.3 is 12.1 Å². The molecular weight excluding hydrogens is 677 g/mol. The number of nitrogens with zero attached hydrogens (tertiary/aromatic N) is 3. The number of hydrogen-bond donors (Lipinski definition) is 3. The lowest BCUT2D eigenvalue weighted by Crippen LogP contribution is -2.51. The van der Waals surface area contributed by atoms with E-state index in [0.717, 1.165) is 5.69 Å². The summed E-state index contributed by atoms with van der Waals surface area (Å²) in [6, 6.07) is 7.42. The molecule has 0 unspecified atom stereocenters. The second kappa shape index (κ2) is 16.0. The maximum atomic E-state index is 13.0. The van der Waals surface area contributed by atoms with E-state index in [1.54, 1.807) is 42.5 Å². The summed E-state index contributed by atoms with van der Waals surface area (Å²) in [5, 5.41) is 19.5. The van der Waals surface area contributed by atoms with Gasteiger partial charge in [0.25, 0.3) is 0 Å². The predicted octanol–water partition coefficient (Wildman–Crippen LogP) is 6.03. The molecule has 0 spiro atoms. The standard InChI is InChI=1S/C34H43Cl2N5O8/c1-19(2)15-24(38-33(46)49-34(3,4)5)31(43)37-17-28(42)41-13-11-20(12-14-41)25-16-23(39-40(25)6)22-8-10-26(30(36)29(22)35)47-18-21-7-9-27(48-21)32(44)45/h7-10,16,19-20,24H,11-15,17-18H2,1-6H3,(H,37,43)(H,38,46)(H,44,45)/t24-/m1/s1. The molecule has 3 amide bonds. The fourth-order valence-electron chi connectivity index (χ4n) is 5.53. The molecule has 3 heterocycles. The number of furan rings is 1. The number of carbonyl (C=O) groups excluding carboxylic acids is 3. The Hall–Kier alpha value is -4.23. The number of amides is 3. The molecule has 0 radical (unpaired) electrons.